The fourth-order valence-electron chi connectivity index (χ4n) is 5.00. The summed E-state index contributed by atoms with van der Waals surface area (Å²) in [6.07, 6.45) is 3.80. The summed E-state index contributed by atoms with van der Waals surface area (Å²) in [5.41, 5.74) is 0.531. The molecule has 0 aromatic heterocycles. The lowest BCUT2D eigenvalue weighted by Crippen LogP contribution is -2.58. The van der Waals surface area contributed by atoms with Crippen LogP contribution in [0, 0.1) is 5.92 Å². The maximum absolute atomic E-state index is 12.6. The van der Waals surface area contributed by atoms with Crippen molar-refractivity contribution in [2.45, 2.75) is 64.5 Å². The van der Waals surface area contributed by atoms with Crippen LogP contribution in [-0.2, 0) is 11.6 Å². The van der Waals surface area contributed by atoms with Crippen LogP contribution in [0.1, 0.15) is 52.5 Å². The third kappa shape index (κ3) is 3.78. The first-order chi connectivity index (χ1) is 12.7. The lowest BCUT2D eigenvalue weighted by atomic mass is 9.73. The third-order valence-electron chi connectivity index (χ3n) is 5.96. The number of piperidine rings is 1. The third-order valence-corrected chi connectivity index (χ3v) is 5.96. The van der Waals surface area contributed by atoms with Gasteiger partial charge < -0.3 is 9.47 Å². The van der Waals surface area contributed by atoms with Crippen LogP contribution in [-0.4, -0.2) is 30.4 Å². The zero-order valence-corrected chi connectivity index (χ0v) is 17.5. The first-order valence-corrected chi connectivity index (χ1v) is 9.79. The van der Waals surface area contributed by atoms with Crippen molar-refractivity contribution in [1.82, 2.24) is 5.06 Å². The van der Waals surface area contributed by atoms with Crippen molar-refractivity contribution >= 4 is 10.8 Å². The zero-order chi connectivity index (χ0) is 19.8. The molecule has 0 bridgehead atoms. The first kappa shape index (κ1) is 20.0. The lowest BCUT2D eigenvalue weighted by molar-refractivity contribution is -0.294. The predicted octanol–water partition coefficient (Wildman–Crippen LogP) is 5.40. The van der Waals surface area contributed by atoms with E-state index in [4.69, 9.17) is 9.47 Å². The molecule has 0 aliphatic carbocycles. The standard InChI is InChI=1S/C23H32NO3/c1-22(2)14-16(15-23(3,4)24(22)25)11-12-17-13-20(26-5)18-9-7-8-10-19(18)21(17)27-6/h7-10,13,16H,11-12,14-15H2,1-6H3. The number of hydrogen-bond donors (Lipinski definition) is 0. The molecule has 2 aromatic carbocycles. The molecular formula is C23H32NO3. The second kappa shape index (κ2) is 7.33. The van der Waals surface area contributed by atoms with E-state index >= 15 is 0 Å². The quantitative estimate of drug-likeness (QED) is 0.707. The molecule has 0 spiro atoms. The van der Waals surface area contributed by atoms with Crippen molar-refractivity contribution in [3.8, 4) is 11.5 Å². The minimum atomic E-state index is -0.322. The molecule has 4 heteroatoms. The van der Waals surface area contributed by atoms with E-state index in [9.17, 15) is 5.21 Å². The highest BCUT2D eigenvalue weighted by Crippen LogP contribution is 2.43. The van der Waals surface area contributed by atoms with E-state index < -0.39 is 0 Å². The van der Waals surface area contributed by atoms with Gasteiger partial charge in [0.1, 0.15) is 11.5 Å². The molecule has 0 amide bonds. The van der Waals surface area contributed by atoms with Crippen LogP contribution >= 0.6 is 0 Å². The molecule has 0 atom stereocenters. The van der Waals surface area contributed by atoms with Crippen molar-refractivity contribution in [2.24, 2.45) is 5.92 Å². The SMILES string of the molecule is COc1cc(CCC2CC(C)(C)N([O])C(C)(C)C2)c(OC)c2ccccc12. The van der Waals surface area contributed by atoms with Gasteiger partial charge in [0.25, 0.3) is 0 Å². The molecule has 1 saturated heterocycles. The number of methoxy groups -OCH3 is 2. The van der Waals surface area contributed by atoms with Crippen molar-refractivity contribution in [1.29, 1.82) is 0 Å². The molecule has 1 aliphatic rings. The van der Waals surface area contributed by atoms with Gasteiger partial charge in [-0.3, -0.25) is 0 Å². The van der Waals surface area contributed by atoms with E-state index in [1.54, 1.807) is 14.2 Å². The Morgan fingerprint density at radius 1 is 1.00 bits per heavy atom. The van der Waals surface area contributed by atoms with Crippen molar-refractivity contribution < 1.29 is 14.7 Å². The molecule has 2 aromatic rings. The summed E-state index contributed by atoms with van der Waals surface area (Å²) in [7, 11) is 3.45. The number of ether oxygens (including phenoxy) is 2. The monoisotopic (exact) mass is 370 g/mol. The molecule has 0 saturated carbocycles. The molecule has 0 unspecified atom stereocenters. The first-order valence-electron chi connectivity index (χ1n) is 9.79. The summed E-state index contributed by atoms with van der Waals surface area (Å²) in [4.78, 5) is 0. The molecule has 1 radical (unpaired) electrons. The normalized spacial score (nSPS) is 20.0. The lowest BCUT2D eigenvalue weighted by Gasteiger charge is -2.50. The molecule has 4 nitrogen and oxygen atoms in total. The number of hydrogen-bond acceptors (Lipinski definition) is 3. The van der Waals surface area contributed by atoms with Crippen LogP contribution < -0.4 is 9.47 Å². The molecule has 1 heterocycles. The average molecular weight is 371 g/mol. The van der Waals surface area contributed by atoms with E-state index in [0.717, 1.165) is 48.0 Å². The molecular weight excluding hydrogens is 338 g/mol. The number of aryl methyl sites for hydroxylation is 1. The molecule has 147 valence electrons. The molecule has 1 fully saturated rings. The van der Waals surface area contributed by atoms with Crippen LogP contribution in [0.15, 0.2) is 30.3 Å². The number of rotatable bonds is 5. The van der Waals surface area contributed by atoms with E-state index in [2.05, 4.69) is 45.9 Å². The highest BCUT2D eigenvalue weighted by Gasteiger charge is 2.45. The Morgan fingerprint density at radius 2 is 1.59 bits per heavy atom. The van der Waals surface area contributed by atoms with E-state index in [1.807, 2.05) is 12.1 Å². The summed E-state index contributed by atoms with van der Waals surface area (Å²) in [6.45, 7) is 8.25. The summed E-state index contributed by atoms with van der Waals surface area (Å²) in [5, 5.41) is 16.1. The van der Waals surface area contributed by atoms with Gasteiger partial charge >= 0.3 is 0 Å². The fourth-order valence-corrected chi connectivity index (χ4v) is 5.00. The smallest absolute Gasteiger partial charge is 0.130 e. The van der Waals surface area contributed by atoms with Gasteiger partial charge in [-0.2, -0.15) is 0 Å². The maximum Gasteiger partial charge on any atom is 0.130 e. The van der Waals surface area contributed by atoms with Gasteiger partial charge in [-0.25, -0.2) is 0 Å². The minimum Gasteiger partial charge on any atom is -0.496 e. The number of hydroxylamine groups is 2. The summed E-state index contributed by atoms with van der Waals surface area (Å²) < 4.78 is 11.4. The number of fused-ring (bicyclic) bond motifs is 1. The van der Waals surface area contributed by atoms with Crippen molar-refractivity contribution in [2.75, 3.05) is 14.2 Å². The Hall–Kier alpha value is -1.78. The highest BCUT2D eigenvalue weighted by molar-refractivity contribution is 5.94. The van der Waals surface area contributed by atoms with Crippen LogP contribution in [0.2, 0.25) is 0 Å². The van der Waals surface area contributed by atoms with Gasteiger partial charge in [0.05, 0.1) is 14.2 Å². The van der Waals surface area contributed by atoms with Gasteiger partial charge in [-0.15, -0.1) is 10.3 Å². The molecule has 0 N–H and O–H groups in total. The number of nitrogens with zero attached hydrogens (tertiary/aromatic N) is 1. The second-order valence-corrected chi connectivity index (χ2v) is 9.05. The number of benzene rings is 2. The van der Waals surface area contributed by atoms with Gasteiger partial charge in [0.2, 0.25) is 0 Å². The Balaban J connectivity index is 1.87. The van der Waals surface area contributed by atoms with E-state index in [0.29, 0.717) is 5.92 Å². The van der Waals surface area contributed by atoms with Gasteiger partial charge in [0, 0.05) is 21.9 Å². The Kier molecular flexibility index (Phi) is 5.42. The molecule has 27 heavy (non-hydrogen) atoms. The molecule has 1 aliphatic heterocycles. The summed E-state index contributed by atoms with van der Waals surface area (Å²) in [5.74, 6) is 2.34. The fraction of sp³-hybridized carbons (Fsp3) is 0.565. The molecule has 3 rings (SSSR count). The van der Waals surface area contributed by atoms with E-state index in [1.165, 1.54) is 10.6 Å². The predicted molar refractivity (Wildman–Crippen MR) is 109 cm³/mol. The highest BCUT2D eigenvalue weighted by atomic mass is 16.5. The zero-order valence-electron chi connectivity index (χ0n) is 17.5. The maximum atomic E-state index is 12.6. The second-order valence-electron chi connectivity index (χ2n) is 9.05. The Morgan fingerprint density at radius 3 is 2.15 bits per heavy atom. The van der Waals surface area contributed by atoms with Crippen molar-refractivity contribution in [3.63, 3.8) is 0 Å². The largest absolute Gasteiger partial charge is 0.496 e. The minimum absolute atomic E-state index is 0.322. The van der Waals surface area contributed by atoms with Crippen molar-refractivity contribution in [3.05, 3.63) is 35.9 Å². The summed E-state index contributed by atoms with van der Waals surface area (Å²) >= 11 is 0. The topological polar surface area (TPSA) is 41.6 Å². The Bertz CT molecular complexity index is 795. The Labute approximate surface area is 163 Å². The van der Waals surface area contributed by atoms with Gasteiger partial charge in [-0.05, 0) is 70.9 Å². The van der Waals surface area contributed by atoms with Crippen LogP contribution in [0.3, 0.4) is 0 Å². The van der Waals surface area contributed by atoms with Gasteiger partial charge in [-0.1, -0.05) is 24.3 Å². The van der Waals surface area contributed by atoms with Crippen LogP contribution in [0.5, 0.6) is 11.5 Å². The van der Waals surface area contributed by atoms with Crippen LogP contribution in [0.25, 0.3) is 10.8 Å². The van der Waals surface area contributed by atoms with Gasteiger partial charge in [0.15, 0.2) is 0 Å². The van der Waals surface area contributed by atoms with Crippen LogP contribution in [0.4, 0.5) is 0 Å². The van der Waals surface area contributed by atoms with E-state index in [-0.39, 0.29) is 11.1 Å². The average Bonchev–Trinajstić information content (AvgIpc) is 2.63. The summed E-state index contributed by atoms with van der Waals surface area (Å²) in [6, 6.07) is 10.3.